The third kappa shape index (κ3) is 9.95. The van der Waals surface area contributed by atoms with Crippen LogP contribution in [-0.2, 0) is 19.0 Å². The van der Waals surface area contributed by atoms with E-state index in [1.165, 1.54) is 63.2 Å². The van der Waals surface area contributed by atoms with Gasteiger partial charge in [0.1, 0.15) is 18.1 Å². The zero-order chi connectivity index (χ0) is 33.2. The van der Waals surface area contributed by atoms with Crippen LogP contribution in [0.15, 0.2) is 97.5 Å². The Kier molecular flexibility index (Phi) is 15.4. The van der Waals surface area contributed by atoms with E-state index in [-0.39, 0.29) is 24.7 Å². The summed E-state index contributed by atoms with van der Waals surface area (Å²) in [5.74, 6) is -1.32. The van der Waals surface area contributed by atoms with E-state index in [1.807, 2.05) is 43.3 Å². The van der Waals surface area contributed by atoms with Crippen LogP contribution in [0.3, 0.4) is 0 Å². The number of carboxylic acids is 1. The molecule has 1 N–H and O–H groups in total. The molecule has 0 aliphatic heterocycles. The number of hydrogen-bond donors (Lipinski definition) is 1. The van der Waals surface area contributed by atoms with Crippen LogP contribution in [0.4, 0.5) is 0 Å². The predicted molar refractivity (Wildman–Crippen MR) is 183 cm³/mol. The van der Waals surface area contributed by atoms with E-state index in [9.17, 15) is 14.7 Å². The van der Waals surface area contributed by atoms with Gasteiger partial charge in [0.25, 0.3) is 0 Å². The quantitative estimate of drug-likeness (QED) is 0.0787. The highest BCUT2D eigenvalue weighted by Gasteiger charge is 2.50. The van der Waals surface area contributed by atoms with E-state index in [1.54, 1.807) is 18.2 Å². The molecule has 0 saturated heterocycles. The van der Waals surface area contributed by atoms with Crippen molar-refractivity contribution in [2.24, 2.45) is 5.92 Å². The van der Waals surface area contributed by atoms with Crippen LogP contribution < -0.4 is 4.74 Å². The molecule has 0 heterocycles. The molecule has 0 aromatic heterocycles. The first kappa shape index (κ1) is 36.4. The van der Waals surface area contributed by atoms with Gasteiger partial charge in [-0.25, -0.2) is 9.59 Å². The number of benzene rings is 2. The van der Waals surface area contributed by atoms with Crippen LogP contribution in [0, 0.1) is 5.92 Å². The number of carbonyl (C=O) groups is 2. The highest BCUT2D eigenvalue weighted by molar-refractivity contribution is 5.98. The fraction of sp³-hybridized carbons (Fsp3) is 0.436. The monoisotopic (exact) mass is 630 g/mol. The number of hydrogen-bond acceptors (Lipinski definition) is 6. The minimum atomic E-state index is -1.70. The molecule has 248 valence electrons. The van der Waals surface area contributed by atoms with E-state index in [0.717, 1.165) is 17.7 Å². The van der Waals surface area contributed by atoms with Gasteiger partial charge in [0.05, 0.1) is 24.7 Å². The van der Waals surface area contributed by atoms with Crippen molar-refractivity contribution in [3.8, 4) is 16.9 Å². The Hall–Kier alpha value is -4.10. The fourth-order valence-corrected chi connectivity index (χ4v) is 5.66. The minimum absolute atomic E-state index is 0.0249. The Morgan fingerprint density at radius 2 is 1.52 bits per heavy atom. The van der Waals surface area contributed by atoms with Crippen LogP contribution >= 0.6 is 0 Å². The second-order valence-electron chi connectivity index (χ2n) is 11.5. The van der Waals surface area contributed by atoms with Gasteiger partial charge < -0.3 is 24.1 Å². The Bertz CT molecular complexity index is 1340. The summed E-state index contributed by atoms with van der Waals surface area (Å²) in [5.41, 5.74) is 0.210. The molecule has 2 aromatic carbocycles. The van der Waals surface area contributed by atoms with Crippen molar-refractivity contribution in [3.05, 3.63) is 103 Å². The fourth-order valence-electron chi connectivity index (χ4n) is 5.66. The third-order valence-electron chi connectivity index (χ3n) is 8.05. The van der Waals surface area contributed by atoms with Gasteiger partial charge in [-0.05, 0) is 54.3 Å². The number of unbranched alkanes of at least 4 members (excludes halogenated alkanes) is 7. The molecule has 1 aliphatic carbocycles. The molecule has 7 nitrogen and oxygen atoms in total. The van der Waals surface area contributed by atoms with Gasteiger partial charge in [0, 0.05) is 0 Å². The van der Waals surface area contributed by atoms with Crippen molar-refractivity contribution in [2.45, 2.75) is 83.7 Å². The summed E-state index contributed by atoms with van der Waals surface area (Å²) in [4.78, 5) is 26.3. The van der Waals surface area contributed by atoms with Gasteiger partial charge in [-0.15, -0.1) is 6.58 Å². The van der Waals surface area contributed by atoms with Gasteiger partial charge in [0.2, 0.25) is 0 Å². The van der Waals surface area contributed by atoms with E-state index in [0.29, 0.717) is 30.6 Å². The maximum Gasteiger partial charge on any atom is 0.344 e. The average molecular weight is 631 g/mol. The molecule has 3 rings (SSSR count). The van der Waals surface area contributed by atoms with Crippen molar-refractivity contribution in [3.63, 3.8) is 0 Å². The number of rotatable bonds is 22. The number of ether oxygens (including phenoxy) is 4. The maximum atomic E-state index is 13.7. The molecule has 0 spiro atoms. The number of carbonyl (C=O) groups excluding carboxylic acids is 1. The molecule has 46 heavy (non-hydrogen) atoms. The van der Waals surface area contributed by atoms with E-state index < -0.39 is 23.5 Å². The van der Waals surface area contributed by atoms with Gasteiger partial charge in [-0.2, -0.15) is 0 Å². The van der Waals surface area contributed by atoms with Gasteiger partial charge in [0.15, 0.2) is 11.4 Å². The van der Waals surface area contributed by atoms with Crippen molar-refractivity contribution >= 4 is 11.9 Å². The van der Waals surface area contributed by atoms with Crippen LogP contribution in [0.25, 0.3) is 11.1 Å². The lowest BCUT2D eigenvalue weighted by atomic mass is 9.78. The number of carboxylic acid groups (broad SMARTS) is 1. The smallest absolute Gasteiger partial charge is 0.344 e. The second-order valence-corrected chi connectivity index (χ2v) is 11.5. The lowest BCUT2D eigenvalue weighted by Gasteiger charge is -2.38. The highest BCUT2D eigenvalue weighted by atomic mass is 16.6. The largest absolute Gasteiger partial charge is 0.494 e. The summed E-state index contributed by atoms with van der Waals surface area (Å²) in [5, 5.41) is 10.3. The summed E-state index contributed by atoms with van der Waals surface area (Å²) in [7, 11) is 0. The van der Waals surface area contributed by atoms with Crippen molar-refractivity contribution in [1.82, 2.24) is 0 Å². The van der Waals surface area contributed by atoms with Crippen molar-refractivity contribution < 1.29 is 33.6 Å². The van der Waals surface area contributed by atoms with Crippen LogP contribution in [0.2, 0.25) is 0 Å². The Morgan fingerprint density at radius 3 is 2.17 bits per heavy atom. The Labute approximate surface area is 274 Å². The lowest BCUT2D eigenvalue weighted by Crippen LogP contribution is -2.49. The molecule has 2 aromatic rings. The standard InChI is InChI=1S/C39H50O7/c1-5-9-10-11-12-13-14-17-29-43-31-23-21-30(22-24-31)32-19-15-16-20-33(32)37(40)46-35-25-26-39(38(41)42,45-28-8-4)34(18-6-2)36(35)44-27-7-3/h7-8,15-16,19-26,34H,3-6,9-14,17-18,27-29H2,1-2H3,(H,41,42). The summed E-state index contributed by atoms with van der Waals surface area (Å²) < 4.78 is 23.7. The summed E-state index contributed by atoms with van der Waals surface area (Å²) in [6.07, 6.45) is 17.0. The third-order valence-corrected chi connectivity index (χ3v) is 8.05. The Morgan fingerprint density at radius 1 is 0.848 bits per heavy atom. The van der Waals surface area contributed by atoms with E-state index in [2.05, 4.69) is 20.1 Å². The van der Waals surface area contributed by atoms with Crippen LogP contribution in [-0.4, -0.2) is 42.5 Å². The Balaban J connectivity index is 1.75. The summed E-state index contributed by atoms with van der Waals surface area (Å²) in [6.45, 7) is 12.4. The van der Waals surface area contributed by atoms with Crippen molar-refractivity contribution in [1.29, 1.82) is 0 Å². The van der Waals surface area contributed by atoms with Crippen LogP contribution in [0.5, 0.6) is 5.75 Å². The maximum absolute atomic E-state index is 13.7. The highest BCUT2D eigenvalue weighted by Crippen LogP contribution is 2.41. The zero-order valence-electron chi connectivity index (χ0n) is 27.5. The topological polar surface area (TPSA) is 91.3 Å². The van der Waals surface area contributed by atoms with Crippen LogP contribution in [0.1, 0.15) is 88.4 Å². The van der Waals surface area contributed by atoms with Gasteiger partial charge >= 0.3 is 11.9 Å². The zero-order valence-corrected chi connectivity index (χ0v) is 27.5. The molecule has 0 amide bonds. The first-order chi connectivity index (χ1) is 22.4. The molecule has 2 atom stereocenters. The SMILES string of the molecule is C=CCOC1=C(OC(=O)c2ccccc2-c2ccc(OCCCCCCCCCC)cc2)C=CC(OCC=C)(C(=O)O)C1CCC. The van der Waals surface area contributed by atoms with Gasteiger partial charge in [-0.3, -0.25) is 0 Å². The predicted octanol–water partition coefficient (Wildman–Crippen LogP) is 9.46. The normalized spacial score (nSPS) is 17.4. The molecule has 0 fully saturated rings. The molecule has 2 unspecified atom stereocenters. The van der Waals surface area contributed by atoms with Gasteiger partial charge in [-0.1, -0.05) is 114 Å². The average Bonchev–Trinajstić information content (AvgIpc) is 3.07. The van der Waals surface area contributed by atoms with E-state index >= 15 is 0 Å². The number of allylic oxidation sites excluding steroid dienone is 1. The molecular weight excluding hydrogens is 580 g/mol. The second kappa shape index (κ2) is 19.4. The minimum Gasteiger partial charge on any atom is -0.494 e. The summed E-state index contributed by atoms with van der Waals surface area (Å²) in [6, 6.07) is 14.9. The molecule has 7 heteroatoms. The first-order valence-corrected chi connectivity index (χ1v) is 16.6. The first-order valence-electron chi connectivity index (χ1n) is 16.6. The molecular formula is C39H50O7. The molecule has 1 aliphatic rings. The molecule has 0 saturated carbocycles. The summed E-state index contributed by atoms with van der Waals surface area (Å²) >= 11 is 0. The molecule has 0 bridgehead atoms. The van der Waals surface area contributed by atoms with E-state index in [4.69, 9.17) is 18.9 Å². The van der Waals surface area contributed by atoms with Crippen molar-refractivity contribution in [2.75, 3.05) is 19.8 Å². The molecule has 0 radical (unpaired) electrons. The lowest BCUT2D eigenvalue weighted by molar-refractivity contribution is -0.165. The number of aliphatic carboxylic acids is 1. The number of esters is 1.